The van der Waals surface area contributed by atoms with Crippen LogP contribution < -0.4 is 5.11 Å². The molecule has 2 heteroatoms. The van der Waals surface area contributed by atoms with Crippen molar-refractivity contribution < 1.29 is 9.90 Å². The normalized spacial score (nSPS) is 12.4. The zero-order valence-corrected chi connectivity index (χ0v) is 15.9. The highest BCUT2D eigenvalue weighted by atomic mass is 16.4. The molecule has 0 aliphatic carbocycles. The zero-order chi connectivity index (χ0) is 17.2. The van der Waals surface area contributed by atoms with E-state index in [2.05, 4.69) is 13.8 Å². The Labute approximate surface area is 145 Å². The Kier molecular flexibility index (Phi) is 17.4. The van der Waals surface area contributed by atoms with Gasteiger partial charge in [0.1, 0.15) is 0 Å². The van der Waals surface area contributed by atoms with Crippen LogP contribution in [0.5, 0.6) is 0 Å². The van der Waals surface area contributed by atoms with Crippen molar-refractivity contribution in [2.75, 3.05) is 0 Å². The van der Waals surface area contributed by atoms with E-state index in [4.69, 9.17) is 0 Å². The van der Waals surface area contributed by atoms with Crippen LogP contribution in [-0.4, -0.2) is 5.97 Å². The molecule has 0 fully saturated rings. The molecular weight excluding hydrogens is 284 g/mol. The van der Waals surface area contributed by atoms with Gasteiger partial charge in [0.05, 0.1) is 0 Å². The molecule has 0 amide bonds. The molecule has 0 aromatic carbocycles. The van der Waals surface area contributed by atoms with E-state index in [0.29, 0.717) is 5.92 Å². The van der Waals surface area contributed by atoms with Crippen LogP contribution in [0.2, 0.25) is 0 Å². The molecule has 0 spiro atoms. The number of carbonyl (C=O) groups excluding carboxylic acids is 1. The van der Waals surface area contributed by atoms with E-state index >= 15 is 0 Å². The predicted octanol–water partition coefficient (Wildman–Crippen LogP) is 6.02. The lowest BCUT2D eigenvalue weighted by molar-refractivity contribution is -0.306. The van der Waals surface area contributed by atoms with Gasteiger partial charge >= 0.3 is 0 Å². The van der Waals surface area contributed by atoms with E-state index < -0.39 is 5.97 Å². The number of carboxylic acids is 1. The lowest BCUT2D eigenvalue weighted by Gasteiger charge is -2.17. The number of rotatable bonds is 18. The highest BCUT2D eigenvalue weighted by Crippen LogP contribution is 2.22. The quantitative estimate of drug-likeness (QED) is 0.289. The average molecular weight is 326 g/mol. The van der Waals surface area contributed by atoms with Crippen LogP contribution >= 0.6 is 0 Å². The summed E-state index contributed by atoms with van der Waals surface area (Å²) >= 11 is 0. The molecule has 0 aliphatic heterocycles. The van der Waals surface area contributed by atoms with E-state index in [-0.39, 0.29) is 6.42 Å². The molecule has 0 aromatic rings. The van der Waals surface area contributed by atoms with Gasteiger partial charge < -0.3 is 9.90 Å². The standard InChI is InChI=1S/C21H42O2/c1-3-5-7-9-11-12-14-16-18-20(19-21(22)23)17-15-13-10-8-6-4-2/h20H,3-19H2,1-2H3,(H,22,23)/p-1. The molecule has 0 N–H and O–H groups in total. The first-order valence-corrected chi connectivity index (χ1v) is 10.4. The van der Waals surface area contributed by atoms with Crippen molar-refractivity contribution in [3.63, 3.8) is 0 Å². The van der Waals surface area contributed by atoms with Crippen molar-refractivity contribution in [2.45, 2.75) is 123 Å². The average Bonchev–Trinajstić information content (AvgIpc) is 2.52. The first-order chi connectivity index (χ1) is 11.2. The fourth-order valence-electron chi connectivity index (χ4n) is 3.36. The van der Waals surface area contributed by atoms with Crippen molar-refractivity contribution in [1.29, 1.82) is 0 Å². The fourth-order valence-corrected chi connectivity index (χ4v) is 3.36. The van der Waals surface area contributed by atoms with Gasteiger partial charge in [-0.3, -0.25) is 0 Å². The Hall–Kier alpha value is -0.530. The summed E-state index contributed by atoms with van der Waals surface area (Å²) in [6.07, 6.45) is 20.7. The van der Waals surface area contributed by atoms with E-state index in [1.807, 2.05) is 0 Å². The lowest BCUT2D eigenvalue weighted by Crippen LogP contribution is -2.25. The van der Waals surface area contributed by atoms with Crippen LogP contribution in [0, 0.1) is 5.92 Å². The molecular formula is C21H41O2-. The van der Waals surface area contributed by atoms with Crippen molar-refractivity contribution >= 4 is 5.97 Å². The third-order valence-corrected chi connectivity index (χ3v) is 4.89. The SMILES string of the molecule is CCCCCCCCCCC(CCCCCCCC)CC(=O)[O-]. The summed E-state index contributed by atoms with van der Waals surface area (Å²) in [5.74, 6) is -0.508. The monoisotopic (exact) mass is 325 g/mol. The molecule has 0 saturated carbocycles. The van der Waals surface area contributed by atoms with E-state index in [1.54, 1.807) is 0 Å². The number of hydrogen-bond acceptors (Lipinski definition) is 2. The van der Waals surface area contributed by atoms with Gasteiger partial charge in [-0.05, 0) is 12.3 Å². The van der Waals surface area contributed by atoms with Crippen molar-refractivity contribution in [2.24, 2.45) is 5.92 Å². The molecule has 23 heavy (non-hydrogen) atoms. The molecule has 0 rings (SSSR count). The number of unbranched alkanes of at least 4 members (excludes halogenated alkanes) is 12. The predicted molar refractivity (Wildman–Crippen MR) is 98.3 cm³/mol. The third kappa shape index (κ3) is 17.7. The number of hydrogen-bond donors (Lipinski definition) is 0. The second kappa shape index (κ2) is 17.8. The lowest BCUT2D eigenvalue weighted by atomic mass is 9.91. The first-order valence-electron chi connectivity index (χ1n) is 10.4. The van der Waals surface area contributed by atoms with Crippen LogP contribution in [0.25, 0.3) is 0 Å². The zero-order valence-electron chi connectivity index (χ0n) is 15.9. The molecule has 0 aromatic heterocycles. The Balaban J connectivity index is 3.61. The van der Waals surface area contributed by atoms with Crippen molar-refractivity contribution in [1.82, 2.24) is 0 Å². The molecule has 0 aliphatic rings. The van der Waals surface area contributed by atoms with Crippen LogP contribution in [0.4, 0.5) is 0 Å². The maximum absolute atomic E-state index is 10.9. The molecule has 1 atom stereocenters. The molecule has 0 saturated heterocycles. The molecule has 2 nitrogen and oxygen atoms in total. The van der Waals surface area contributed by atoms with E-state index in [9.17, 15) is 9.90 Å². The molecule has 138 valence electrons. The van der Waals surface area contributed by atoms with Gasteiger partial charge in [-0.25, -0.2) is 0 Å². The minimum atomic E-state index is -0.861. The maximum atomic E-state index is 10.9. The number of carbonyl (C=O) groups is 1. The van der Waals surface area contributed by atoms with Crippen molar-refractivity contribution in [3.8, 4) is 0 Å². The second-order valence-corrected chi connectivity index (χ2v) is 7.26. The number of aliphatic carboxylic acids is 1. The minimum absolute atomic E-state index is 0.269. The van der Waals surface area contributed by atoms with Crippen LogP contribution in [0.15, 0.2) is 0 Å². The summed E-state index contributed by atoms with van der Waals surface area (Å²) in [4.78, 5) is 10.9. The Morgan fingerprint density at radius 3 is 1.35 bits per heavy atom. The maximum Gasteiger partial charge on any atom is 0.0417 e. The van der Waals surface area contributed by atoms with Crippen molar-refractivity contribution in [3.05, 3.63) is 0 Å². The second-order valence-electron chi connectivity index (χ2n) is 7.26. The van der Waals surface area contributed by atoms with Crippen LogP contribution in [0.1, 0.15) is 123 Å². The van der Waals surface area contributed by atoms with Crippen LogP contribution in [0.3, 0.4) is 0 Å². The van der Waals surface area contributed by atoms with E-state index in [0.717, 1.165) is 12.8 Å². The summed E-state index contributed by atoms with van der Waals surface area (Å²) in [6.45, 7) is 4.49. The fraction of sp³-hybridized carbons (Fsp3) is 0.952. The van der Waals surface area contributed by atoms with Crippen LogP contribution in [-0.2, 0) is 4.79 Å². The smallest absolute Gasteiger partial charge is 0.0417 e. The van der Waals surface area contributed by atoms with Gasteiger partial charge in [-0.1, -0.05) is 117 Å². The molecule has 0 bridgehead atoms. The first kappa shape index (κ1) is 22.5. The van der Waals surface area contributed by atoms with Gasteiger partial charge in [-0.15, -0.1) is 0 Å². The Bertz CT molecular complexity index is 250. The third-order valence-electron chi connectivity index (χ3n) is 4.89. The minimum Gasteiger partial charge on any atom is -0.550 e. The van der Waals surface area contributed by atoms with Gasteiger partial charge in [0, 0.05) is 5.97 Å². The van der Waals surface area contributed by atoms with E-state index in [1.165, 1.54) is 89.9 Å². The molecule has 1 unspecified atom stereocenters. The molecule has 0 radical (unpaired) electrons. The van der Waals surface area contributed by atoms with Gasteiger partial charge in [-0.2, -0.15) is 0 Å². The summed E-state index contributed by atoms with van der Waals surface area (Å²) in [7, 11) is 0. The Morgan fingerprint density at radius 1 is 0.652 bits per heavy atom. The molecule has 0 heterocycles. The highest BCUT2D eigenvalue weighted by molar-refractivity contribution is 5.64. The van der Waals surface area contributed by atoms with Gasteiger partial charge in [0.2, 0.25) is 0 Å². The Morgan fingerprint density at radius 2 is 1.00 bits per heavy atom. The van der Waals surface area contributed by atoms with Gasteiger partial charge in [0.15, 0.2) is 0 Å². The summed E-state index contributed by atoms with van der Waals surface area (Å²) in [6, 6.07) is 0. The summed E-state index contributed by atoms with van der Waals surface area (Å²) < 4.78 is 0. The highest BCUT2D eigenvalue weighted by Gasteiger charge is 2.09. The summed E-state index contributed by atoms with van der Waals surface area (Å²) in [5, 5.41) is 10.9. The summed E-state index contributed by atoms with van der Waals surface area (Å²) in [5.41, 5.74) is 0. The largest absolute Gasteiger partial charge is 0.550 e. The number of carboxylic acid groups (broad SMARTS) is 1. The van der Waals surface area contributed by atoms with Gasteiger partial charge in [0.25, 0.3) is 0 Å². The topological polar surface area (TPSA) is 40.1 Å².